The maximum atomic E-state index is 11.7. The monoisotopic (exact) mass is 229 g/mol. The van der Waals surface area contributed by atoms with Crippen LogP contribution in [0, 0.1) is 0 Å². The van der Waals surface area contributed by atoms with Gasteiger partial charge in [-0.2, -0.15) is 0 Å². The first-order valence-corrected chi connectivity index (χ1v) is 6.11. The molecular formula is C11H23N3O2. The van der Waals surface area contributed by atoms with Gasteiger partial charge in [0.1, 0.15) is 0 Å². The van der Waals surface area contributed by atoms with Crippen molar-refractivity contribution in [2.75, 3.05) is 13.2 Å². The second-order valence-corrected chi connectivity index (χ2v) is 4.38. The van der Waals surface area contributed by atoms with Crippen LogP contribution in [0.3, 0.4) is 0 Å². The van der Waals surface area contributed by atoms with Gasteiger partial charge in [-0.3, -0.25) is 15.1 Å². The highest BCUT2D eigenvalue weighted by atomic mass is 16.3. The lowest BCUT2D eigenvalue weighted by Gasteiger charge is -2.39. The molecule has 1 aliphatic heterocycles. The molecule has 1 saturated heterocycles. The third kappa shape index (κ3) is 3.17. The SMILES string of the molecule is CCCC(C(=O)NN)N1CCCCC1CO. The zero-order valence-electron chi connectivity index (χ0n) is 9.98. The molecule has 4 N–H and O–H groups in total. The summed E-state index contributed by atoms with van der Waals surface area (Å²) in [6.45, 7) is 3.05. The fraction of sp³-hybridized carbons (Fsp3) is 0.909. The number of piperidine rings is 1. The van der Waals surface area contributed by atoms with Gasteiger partial charge in [-0.25, -0.2) is 5.84 Å². The molecule has 2 atom stereocenters. The highest BCUT2D eigenvalue weighted by molar-refractivity contribution is 5.81. The molecule has 0 radical (unpaired) electrons. The molecule has 1 fully saturated rings. The summed E-state index contributed by atoms with van der Waals surface area (Å²) >= 11 is 0. The van der Waals surface area contributed by atoms with E-state index >= 15 is 0 Å². The summed E-state index contributed by atoms with van der Waals surface area (Å²) in [5.74, 6) is 5.07. The molecule has 0 aromatic rings. The molecule has 0 spiro atoms. The first kappa shape index (κ1) is 13.4. The number of carbonyl (C=O) groups is 1. The van der Waals surface area contributed by atoms with Crippen LogP contribution in [0.2, 0.25) is 0 Å². The van der Waals surface area contributed by atoms with Crippen molar-refractivity contribution in [2.45, 2.75) is 51.1 Å². The van der Waals surface area contributed by atoms with Crippen LogP contribution in [-0.2, 0) is 4.79 Å². The number of likely N-dealkylation sites (tertiary alicyclic amines) is 1. The fourth-order valence-corrected chi connectivity index (χ4v) is 2.45. The largest absolute Gasteiger partial charge is 0.395 e. The molecular weight excluding hydrogens is 206 g/mol. The van der Waals surface area contributed by atoms with Crippen molar-refractivity contribution in [1.29, 1.82) is 0 Å². The molecule has 1 rings (SSSR count). The Labute approximate surface area is 97.0 Å². The lowest BCUT2D eigenvalue weighted by molar-refractivity contribution is -0.129. The van der Waals surface area contributed by atoms with E-state index in [9.17, 15) is 9.90 Å². The second kappa shape index (κ2) is 6.83. The number of hydrazine groups is 1. The lowest BCUT2D eigenvalue weighted by Crippen LogP contribution is -2.55. The van der Waals surface area contributed by atoms with Gasteiger partial charge in [-0.15, -0.1) is 0 Å². The average Bonchev–Trinajstić information content (AvgIpc) is 2.35. The zero-order chi connectivity index (χ0) is 12.0. The summed E-state index contributed by atoms with van der Waals surface area (Å²) in [4.78, 5) is 13.8. The van der Waals surface area contributed by atoms with Crippen molar-refractivity contribution in [1.82, 2.24) is 10.3 Å². The molecule has 0 aromatic heterocycles. The predicted octanol–water partition coefficient (Wildman–Crippen LogP) is -0.00820. The highest BCUT2D eigenvalue weighted by Gasteiger charge is 2.31. The molecule has 1 aliphatic rings. The number of nitrogens with zero attached hydrogens (tertiary/aromatic N) is 1. The van der Waals surface area contributed by atoms with Crippen LogP contribution in [-0.4, -0.2) is 41.1 Å². The number of carbonyl (C=O) groups excluding carboxylic acids is 1. The molecule has 2 unspecified atom stereocenters. The van der Waals surface area contributed by atoms with E-state index in [0.29, 0.717) is 0 Å². The standard InChI is InChI=1S/C11H23N3O2/c1-2-5-10(11(16)13-12)14-7-4-3-6-9(14)8-15/h9-10,15H,2-8,12H2,1H3,(H,13,16). The molecule has 5 heteroatoms. The van der Waals surface area contributed by atoms with Crippen LogP contribution in [0.5, 0.6) is 0 Å². The highest BCUT2D eigenvalue weighted by Crippen LogP contribution is 2.21. The third-order valence-corrected chi connectivity index (χ3v) is 3.29. The molecule has 0 aromatic carbocycles. The number of aliphatic hydroxyl groups excluding tert-OH is 1. The second-order valence-electron chi connectivity index (χ2n) is 4.38. The number of hydrogen-bond acceptors (Lipinski definition) is 4. The Morgan fingerprint density at radius 2 is 2.38 bits per heavy atom. The Kier molecular flexibility index (Phi) is 5.73. The molecule has 16 heavy (non-hydrogen) atoms. The van der Waals surface area contributed by atoms with Crippen LogP contribution < -0.4 is 11.3 Å². The smallest absolute Gasteiger partial charge is 0.251 e. The molecule has 94 valence electrons. The van der Waals surface area contributed by atoms with Gasteiger partial charge in [-0.05, 0) is 25.8 Å². The molecule has 0 saturated carbocycles. The number of rotatable bonds is 5. The van der Waals surface area contributed by atoms with E-state index in [0.717, 1.165) is 38.6 Å². The van der Waals surface area contributed by atoms with Gasteiger partial charge in [-0.1, -0.05) is 19.8 Å². The third-order valence-electron chi connectivity index (χ3n) is 3.29. The van der Waals surface area contributed by atoms with Gasteiger partial charge in [0, 0.05) is 6.04 Å². The Morgan fingerprint density at radius 3 is 2.94 bits per heavy atom. The van der Waals surface area contributed by atoms with Crippen molar-refractivity contribution in [3.63, 3.8) is 0 Å². The minimum atomic E-state index is -0.188. The van der Waals surface area contributed by atoms with Crippen molar-refractivity contribution < 1.29 is 9.90 Å². The van der Waals surface area contributed by atoms with E-state index in [4.69, 9.17) is 5.84 Å². The summed E-state index contributed by atoms with van der Waals surface area (Å²) < 4.78 is 0. The Hall–Kier alpha value is -0.650. The van der Waals surface area contributed by atoms with Crippen LogP contribution in [0.4, 0.5) is 0 Å². The number of nitrogens with one attached hydrogen (secondary N) is 1. The quantitative estimate of drug-likeness (QED) is 0.352. The molecule has 0 aliphatic carbocycles. The van der Waals surface area contributed by atoms with Gasteiger partial charge in [0.15, 0.2) is 0 Å². The number of amides is 1. The first-order valence-electron chi connectivity index (χ1n) is 6.11. The van der Waals surface area contributed by atoms with E-state index in [-0.39, 0.29) is 24.6 Å². The van der Waals surface area contributed by atoms with Gasteiger partial charge in [0.05, 0.1) is 12.6 Å². The Morgan fingerprint density at radius 1 is 1.62 bits per heavy atom. The average molecular weight is 229 g/mol. The maximum absolute atomic E-state index is 11.7. The summed E-state index contributed by atoms with van der Waals surface area (Å²) in [6, 6.07) is -0.0740. The van der Waals surface area contributed by atoms with Crippen LogP contribution >= 0.6 is 0 Å². The van der Waals surface area contributed by atoms with E-state index in [1.54, 1.807) is 0 Å². The summed E-state index contributed by atoms with van der Waals surface area (Å²) in [5.41, 5.74) is 2.23. The van der Waals surface area contributed by atoms with E-state index in [1.165, 1.54) is 0 Å². The first-order chi connectivity index (χ1) is 7.74. The van der Waals surface area contributed by atoms with Crippen molar-refractivity contribution in [3.05, 3.63) is 0 Å². The number of aliphatic hydroxyl groups is 1. The van der Waals surface area contributed by atoms with Crippen LogP contribution in [0.15, 0.2) is 0 Å². The lowest BCUT2D eigenvalue weighted by atomic mass is 9.98. The summed E-state index contributed by atoms with van der Waals surface area (Å²) in [6.07, 6.45) is 4.92. The topological polar surface area (TPSA) is 78.6 Å². The number of nitrogens with two attached hydrogens (primary N) is 1. The summed E-state index contributed by atoms with van der Waals surface area (Å²) in [5, 5.41) is 9.33. The van der Waals surface area contributed by atoms with Crippen molar-refractivity contribution in [2.24, 2.45) is 5.84 Å². The van der Waals surface area contributed by atoms with Gasteiger partial charge < -0.3 is 5.11 Å². The minimum Gasteiger partial charge on any atom is -0.395 e. The Bertz CT molecular complexity index is 223. The molecule has 5 nitrogen and oxygen atoms in total. The van der Waals surface area contributed by atoms with Crippen molar-refractivity contribution in [3.8, 4) is 0 Å². The maximum Gasteiger partial charge on any atom is 0.251 e. The van der Waals surface area contributed by atoms with E-state index in [1.807, 2.05) is 0 Å². The minimum absolute atomic E-state index is 0.114. The summed E-state index contributed by atoms with van der Waals surface area (Å²) in [7, 11) is 0. The van der Waals surface area contributed by atoms with E-state index in [2.05, 4.69) is 17.2 Å². The predicted molar refractivity (Wildman–Crippen MR) is 62.5 cm³/mol. The molecule has 1 heterocycles. The number of hydrogen-bond donors (Lipinski definition) is 3. The molecule has 0 bridgehead atoms. The normalized spacial score (nSPS) is 24.1. The molecule has 1 amide bonds. The van der Waals surface area contributed by atoms with Crippen LogP contribution in [0.1, 0.15) is 39.0 Å². The van der Waals surface area contributed by atoms with Crippen LogP contribution in [0.25, 0.3) is 0 Å². The Balaban J connectivity index is 2.69. The van der Waals surface area contributed by atoms with E-state index < -0.39 is 0 Å². The zero-order valence-corrected chi connectivity index (χ0v) is 9.98. The van der Waals surface area contributed by atoms with Gasteiger partial charge >= 0.3 is 0 Å². The van der Waals surface area contributed by atoms with Crippen molar-refractivity contribution >= 4 is 5.91 Å². The van der Waals surface area contributed by atoms with Gasteiger partial charge in [0.25, 0.3) is 5.91 Å². The fourth-order valence-electron chi connectivity index (χ4n) is 2.45. The van der Waals surface area contributed by atoms with Gasteiger partial charge in [0.2, 0.25) is 0 Å².